The first kappa shape index (κ1) is 15.6. The lowest BCUT2D eigenvalue weighted by molar-refractivity contribution is -0.120. The van der Waals surface area contributed by atoms with E-state index in [-0.39, 0.29) is 23.2 Å². The van der Waals surface area contributed by atoms with Gasteiger partial charge in [0.25, 0.3) is 10.0 Å². The van der Waals surface area contributed by atoms with E-state index in [4.69, 9.17) is 0 Å². The van der Waals surface area contributed by atoms with Crippen LogP contribution in [0.25, 0.3) is 0 Å². The van der Waals surface area contributed by atoms with E-state index in [1.807, 2.05) is 6.92 Å². The lowest BCUT2D eigenvalue weighted by Gasteiger charge is -2.18. The molecule has 1 aromatic rings. The summed E-state index contributed by atoms with van der Waals surface area (Å²) in [4.78, 5) is 11.3. The molecule has 0 aliphatic heterocycles. The number of amides is 1. The van der Waals surface area contributed by atoms with E-state index in [1.165, 1.54) is 7.05 Å². The zero-order chi connectivity index (χ0) is 13.9. The van der Waals surface area contributed by atoms with Crippen LogP contribution in [0.5, 0.6) is 0 Å². The lowest BCUT2D eigenvalue weighted by Crippen LogP contribution is -2.39. The fraction of sp³-hybridized carbons (Fsp3) is 0.500. The zero-order valence-electron chi connectivity index (χ0n) is 10.4. The van der Waals surface area contributed by atoms with Crippen molar-refractivity contribution in [3.63, 3.8) is 0 Å². The number of nitrogens with one attached hydrogen (secondary N) is 1. The van der Waals surface area contributed by atoms with Crippen LogP contribution in [0.2, 0.25) is 0 Å². The van der Waals surface area contributed by atoms with Crippen LogP contribution < -0.4 is 5.32 Å². The number of hydrogen-bond donors (Lipinski definition) is 1. The van der Waals surface area contributed by atoms with Gasteiger partial charge in [0.2, 0.25) is 5.91 Å². The third-order valence-corrected chi connectivity index (χ3v) is 6.89. The van der Waals surface area contributed by atoms with Crippen molar-refractivity contribution >= 4 is 43.2 Å². The first-order valence-corrected chi connectivity index (χ1v) is 8.34. The van der Waals surface area contributed by atoms with Gasteiger partial charge >= 0.3 is 0 Å². The molecule has 5 nitrogen and oxygen atoms in total. The zero-order valence-corrected chi connectivity index (χ0v) is 13.6. The highest BCUT2D eigenvalue weighted by Gasteiger charge is 2.27. The molecule has 1 rings (SSSR count). The van der Waals surface area contributed by atoms with Gasteiger partial charge in [0.05, 0.1) is 10.3 Å². The number of carbonyl (C=O) groups excluding carboxylic acids is 1. The summed E-state index contributed by atoms with van der Waals surface area (Å²) in [6.07, 6.45) is 0. The van der Waals surface area contributed by atoms with Crippen molar-refractivity contribution in [2.45, 2.75) is 18.1 Å². The Morgan fingerprint density at radius 3 is 2.56 bits per heavy atom. The molecule has 1 amide bonds. The fourth-order valence-corrected chi connectivity index (χ4v) is 5.08. The maximum absolute atomic E-state index is 12.3. The van der Waals surface area contributed by atoms with Crippen LogP contribution >= 0.6 is 27.3 Å². The first-order chi connectivity index (χ1) is 8.32. The van der Waals surface area contributed by atoms with Crippen molar-refractivity contribution in [2.24, 2.45) is 0 Å². The molecule has 8 heteroatoms. The molecule has 0 saturated carbocycles. The average molecular weight is 355 g/mol. The SMILES string of the molecule is CCN(CC(=O)NC)S(=O)(=O)c1cc(C)c(Br)s1. The molecule has 1 heterocycles. The predicted molar refractivity (Wildman–Crippen MR) is 75.3 cm³/mol. The van der Waals surface area contributed by atoms with Gasteiger partial charge in [-0.25, -0.2) is 8.42 Å². The summed E-state index contributed by atoms with van der Waals surface area (Å²) >= 11 is 4.46. The maximum atomic E-state index is 12.3. The summed E-state index contributed by atoms with van der Waals surface area (Å²) in [7, 11) is -2.12. The second-order valence-corrected chi connectivity index (χ2v) is 8.16. The van der Waals surface area contributed by atoms with Crippen molar-refractivity contribution in [3.05, 3.63) is 15.4 Å². The third-order valence-electron chi connectivity index (χ3n) is 2.38. The van der Waals surface area contributed by atoms with E-state index in [9.17, 15) is 13.2 Å². The Labute approximate surface area is 119 Å². The number of nitrogens with zero attached hydrogens (tertiary/aromatic N) is 1. The quantitative estimate of drug-likeness (QED) is 0.872. The molecule has 18 heavy (non-hydrogen) atoms. The van der Waals surface area contributed by atoms with Crippen LogP contribution in [-0.4, -0.2) is 38.8 Å². The van der Waals surface area contributed by atoms with Crippen molar-refractivity contribution in [1.82, 2.24) is 9.62 Å². The number of rotatable bonds is 5. The van der Waals surface area contributed by atoms with Crippen LogP contribution in [0, 0.1) is 6.92 Å². The molecular formula is C10H15BrN2O3S2. The topological polar surface area (TPSA) is 66.5 Å². The summed E-state index contributed by atoms with van der Waals surface area (Å²) in [5.41, 5.74) is 0.870. The van der Waals surface area contributed by atoms with Crippen molar-refractivity contribution in [1.29, 1.82) is 0 Å². The van der Waals surface area contributed by atoms with E-state index in [1.54, 1.807) is 13.0 Å². The minimum atomic E-state index is -3.60. The molecule has 1 N–H and O–H groups in total. The Kier molecular flexibility index (Phi) is 5.32. The van der Waals surface area contributed by atoms with Crippen LogP contribution in [-0.2, 0) is 14.8 Å². The summed E-state index contributed by atoms with van der Waals surface area (Å²) < 4.78 is 26.8. The molecule has 0 bridgehead atoms. The van der Waals surface area contributed by atoms with Crippen LogP contribution in [0.4, 0.5) is 0 Å². The van der Waals surface area contributed by atoms with Gasteiger partial charge in [-0.2, -0.15) is 4.31 Å². The van der Waals surface area contributed by atoms with Crippen LogP contribution in [0.1, 0.15) is 12.5 Å². The molecule has 0 aliphatic carbocycles. The number of likely N-dealkylation sites (N-methyl/N-ethyl adjacent to an activating group) is 2. The largest absolute Gasteiger partial charge is 0.358 e. The molecule has 0 unspecified atom stereocenters. The molecule has 0 radical (unpaired) electrons. The van der Waals surface area contributed by atoms with Crippen molar-refractivity contribution in [2.75, 3.05) is 20.1 Å². The Morgan fingerprint density at radius 2 is 2.17 bits per heavy atom. The monoisotopic (exact) mass is 354 g/mol. The van der Waals surface area contributed by atoms with E-state index in [0.29, 0.717) is 0 Å². The van der Waals surface area contributed by atoms with Gasteiger partial charge in [-0.05, 0) is 34.5 Å². The molecule has 0 saturated heterocycles. The molecule has 0 fully saturated rings. The van der Waals surface area contributed by atoms with Gasteiger partial charge in [-0.3, -0.25) is 4.79 Å². The standard InChI is InChI=1S/C10H15BrN2O3S2/c1-4-13(6-8(14)12-3)18(15,16)9-5-7(2)10(11)17-9/h5H,4,6H2,1-3H3,(H,12,14). The van der Waals surface area contributed by atoms with E-state index in [0.717, 1.165) is 25.0 Å². The summed E-state index contributed by atoms with van der Waals surface area (Å²) in [6, 6.07) is 1.61. The maximum Gasteiger partial charge on any atom is 0.253 e. The van der Waals surface area contributed by atoms with Gasteiger partial charge < -0.3 is 5.32 Å². The Bertz CT molecular complexity index is 520. The van der Waals surface area contributed by atoms with Gasteiger partial charge in [-0.15, -0.1) is 11.3 Å². The second kappa shape index (κ2) is 6.14. The fourth-order valence-electron chi connectivity index (χ4n) is 1.29. The number of hydrogen-bond acceptors (Lipinski definition) is 4. The highest BCUT2D eigenvalue weighted by Crippen LogP contribution is 2.32. The smallest absolute Gasteiger partial charge is 0.253 e. The van der Waals surface area contributed by atoms with Gasteiger partial charge in [0.1, 0.15) is 4.21 Å². The van der Waals surface area contributed by atoms with E-state index >= 15 is 0 Å². The minimum absolute atomic E-state index is 0.163. The van der Waals surface area contributed by atoms with E-state index < -0.39 is 10.0 Å². The molecule has 0 aliphatic rings. The molecule has 1 aromatic heterocycles. The number of halogens is 1. The first-order valence-electron chi connectivity index (χ1n) is 5.29. The highest BCUT2D eigenvalue weighted by molar-refractivity contribution is 9.11. The normalized spacial score (nSPS) is 11.8. The van der Waals surface area contributed by atoms with Gasteiger partial charge in [0, 0.05) is 13.6 Å². The van der Waals surface area contributed by atoms with Crippen molar-refractivity contribution < 1.29 is 13.2 Å². The molecule has 0 aromatic carbocycles. The van der Waals surface area contributed by atoms with Gasteiger partial charge in [-0.1, -0.05) is 6.92 Å². The van der Waals surface area contributed by atoms with Crippen LogP contribution in [0.15, 0.2) is 14.1 Å². The van der Waals surface area contributed by atoms with Crippen LogP contribution in [0.3, 0.4) is 0 Å². The second-order valence-electron chi connectivity index (χ2n) is 3.63. The van der Waals surface area contributed by atoms with E-state index in [2.05, 4.69) is 21.2 Å². The predicted octanol–water partition coefficient (Wildman–Crippen LogP) is 1.58. The molecule has 0 atom stereocenters. The molecular weight excluding hydrogens is 340 g/mol. The summed E-state index contributed by atoms with van der Waals surface area (Å²) in [5.74, 6) is -0.326. The Morgan fingerprint density at radius 1 is 1.56 bits per heavy atom. The Balaban J connectivity index is 3.07. The number of carbonyl (C=O) groups is 1. The van der Waals surface area contributed by atoms with Crippen molar-refractivity contribution in [3.8, 4) is 0 Å². The Hall–Kier alpha value is -0.440. The molecule has 0 spiro atoms. The summed E-state index contributed by atoms with van der Waals surface area (Å²) in [5, 5.41) is 2.42. The number of aryl methyl sites for hydroxylation is 1. The molecule has 102 valence electrons. The highest BCUT2D eigenvalue weighted by atomic mass is 79.9. The minimum Gasteiger partial charge on any atom is -0.358 e. The lowest BCUT2D eigenvalue weighted by atomic mass is 10.4. The number of thiophene rings is 1. The third kappa shape index (κ3) is 3.31. The average Bonchev–Trinajstić information content (AvgIpc) is 2.66. The van der Waals surface area contributed by atoms with Gasteiger partial charge in [0.15, 0.2) is 0 Å². The number of sulfonamides is 1. The summed E-state index contributed by atoms with van der Waals surface area (Å²) in [6.45, 7) is 3.62.